The van der Waals surface area contributed by atoms with Crippen molar-refractivity contribution >= 4 is 5.97 Å². The van der Waals surface area contributed by atoms with Crippen LogP contribution in [0.5, 0.6) is 0 Å². The van der Waals surface area contributed by atoms with Gasteiger partial charge in [0, 0.05) is 39.2 Å². The van der Waals surface area contributed by atoms with Crippen LogP contribution in [0.4, 0.5) is 0 Å². The molecule has 1 N–H and O–H groups in total. The summed E-state index contributed by atoms with van der Waals surface area (Å²) in [5, 5.41) is 9.71. The van der Waals surface area contributed by atoms with E-state index in [1.165, 1.54) is 0 Å². The zero-order valence-electron chi connectivity index (χ0n) is 11.4. The van der Waals surface area contributed by atoms with E-state index in [1.807, 2.05) is 0 Å². The van der Waals surface area contributed by atoms with Crippen molar-refractivity contribution in [2.75, 3.05) is 39.8 Å². The Morgan fingerprint density at radius 2 is 2.06 bits per heavy atom. The van der Waals surface area contributed by atoms with Gasteiger partial charge in [0.05, 0.1) is 6.10 Å². The zero-order chi connectivity index (χ0) is 13.2. The van der Waals surface area contributed by atoms with Crippen LogP contribution in [0.25, 0.3) is 0 Å². The molecule has 18 heavy (non-hydrogen) atoms. The molecule has 2 aliphatic heterocycles. The molecular weight excluding hydrogens is 232 g/mol. The van der Waals surface area contributed by atoms with E-state index < -0.39 is 11.5 Å². The minimum Gasteiger partial charge on any atom is -0.480 e. The number of ether oxygens (including phenoxy) is 1. The fourth-order valence-electron chi connectivity index (χ4n) is 3.05. The van der Waals surface area contributed by atoms with E-state index in [9.17, 15) is 9.90 Å². The monoisotopic (exact) mass is 256 g/mol. The maximum Gasteiger partial charge on any atom is 0.324 e. The molecule has 2 heterocycles. The average Bonchev–Trinajstić information content (AvgIpc) is 2.39. The van der Waals surface area contributed by atoms with E-state index >= 15 is 0 Å². The number of piperazine rings is 1. The lowest BCUT2D eigenvalue weighted by atomic mass is 9.83. The van der Waals surface area contributed by atoms with Crippen LogP contribution in [0.1, 0.15) is 26.2 Å². The van der Waals surface area contributed by atoms with Gasteiger partial charge in [-0.15, -0.1) is 0 Å². The quantitative estimate of drug-likeness (QED) is 0.803. The van der Waals surface area contributed by atoms with E-state index in [0.29, 0.717) is 19.4 Å². The smallest absolute Gasteiger partial charge is 0.324 e. The van der Waals surface area contributed by atoms with Crippen LogP contribution < -0.4 is 0 Å². The van der Waals surface area contributed by atoms with Gasteiger partial charge in [-0.05, 0) is 19.9 Å². The Bertz CT molecular complexity index is 303. The van der Waals surface area contributed by atoms with Crippen LogP contribution in [0.2, 0.25) is 0 Å². The molecule has 2 saturated heterocycles. The number of likely N-dealkylation sites (N-methyl/N-ethyl adjacent to an activating group) is 1. The summed E-state index contributed by atoms with van der Waals surface area (Å²) < 4.78 is 5.64. The van der Waals surface area contributed by atoms with Crippen molar-refractivity contribution in [1.29, 1.82) is 0 Å². The molecule has 2 aliphatic rings. The SMILES string of the molecule is CCC1CC(C(=O)O)(N2CCN(C)CC2)CCO1. The second-order valence-corrected chi connectivity index (χ2v) is 5.48. The summed E-state index contributed by atoms with van der Waals surface area (Å²) in [6.45, 7) is 6.22. The summed E-state index contributed by atoms with van der Waals surface area (Å²) in [6.07, 6.45) is 2.22. The third-order valence-electron chi connectivity index (χ3n) is 4.40. The first-order valence-corrected chi connectivity index (χ1v) is 6.87. The maximum absolute atomic E-state index is 11.8. The number of carboxylic acid groups (broad SMARTS) is 1. The van der Waals surface area contributed by atoms with Crippen molar-refractivity contribution in [3.05, 3.63) is 0 Å². The van der Waals surface area contributed by atoms with Crippen LogP contribution in [0.3, 0.4) is 0 Å². The fraction of sp³-hybridized carbons (Fsp3) is 0.923. The summed E-state index contributed by atoms with van der Waals surface area (Å²) in [4.78, 5) is 16.2. The predicted molar refractivity (Wildman–Crippen MR) is 68.7 cm³/mol. The first-order chi connectivity index (χ1) is 8.58. The number of nitrogens with zero attached hydrogens (tertiary/aromatic N) is 2. The molecule has 0 spiro atoms. The van der Waals surface area contributed by atoms with E-state index in [-0.39, 0.29) is 6.10 Å². The second kappa shape index (κ2) is 5.55. The minimum atomic E-state index is -0.694. The Morgan fingerprint density at radius 1 is 1.39 bits per heavy atom. The summed E-state index contributed by atoms with van der Waals surface area (Å²) >= 11 is 0. The van der Waals surface area contributed by atoms with Gasteiger partial charge in [-0.3, -0.25) is 9.69 Å². The molecule has 0 saturated carbocycles. The molecule has 0 aromatic rings. The largest absolute Gasteiger partial charge is 0.480 e. The van der Waals surface area contributed by atoms with Crippen LogP contribution >= 0.6 is 0 Å². The van der Waals surface area contributed by atoms with Crippen LogP contribution in [0, 0.1) is 0 Å². The lowest BCUT2D eigenvalue weighted by molar-refractivity contribution is -0.165. The second-order valence-electron chi connectivity index (χ2n) is 5.48. The molecule has 104 valence electrons. The van der Waals surface area contributed by atoms with Crippen molar-refractivity contribution in [1.82, 2.24) is 9.80 Å². The van der Waals surface area contributed by atoms with E-state index in [4.69, 9.17) is 4.74 Å². The summed E-state index contributed by atoms with van der Waals surface area (Å²) in [6, 6.07) is 0. The highest BCUT2D eigenvalue weighted by atomic mass is 16.5. The maximum atomic E-state index is 11.8. The first kappa shape index (κ1) is 13.8. The highest BCUT2D eigenvalue weighted by Gasteiger charge is 2.48. The molecule has 5 nitrogen and oxygen atoms in total. The molecule has 0 aliphatic carbocycles. The molecule has 2 rings (SSSR count). The third kappa shape index (κ3) is 2.53. The average molecular weight is 256 g/mol. The van der Waals surface area contributed by atoms with Crippen molar-refractivity contribution in [3.8, 4) is 0 Å². The molecule has 0 radical (unpaired) electrons. The number of hydrogen-bond acceptors (Lipinski definition) is 4. The predicted octanol–water partition coefficient (Wildman–Crippen LogP) is 0.646. The number of carboxylic acids is 1. The normalized spacial score (nSPS) is 35.6. The van der Waals surface area contributed by atoms with Gasteiger partial charge >= 0.3 is 5.97 Å². The Morgan fingerprint density at radius 3 is 2.61 bits per heavy atom. The Kier molecular flexibility index (Phi) is 4.25. The molecule has 0 aromatic heterocycles. The lowest BCUT2D eigenvalue weighted by Crippen LogP contribution is -2.63. The number of hydrogen-bond donors (Lipinski definition) is 1. The van der Waals surface area contributed by atoms with Gasteiger partial charge in [-0.25, -0.2) is 0 Å². The molecule has 2 atom stereocenters. The van der Waals surface area contributed by atoms with E-state index in [0.717, 1.165) is 32.6 Å². The van der Waals surface area contributed by atoms with Gasteiger partial charge in [0.1, 0.15) is 5.54 Å². The lowest BCUT2D eigenvalue weighted by Gasteiger charge is -2.48. The van der Waals surface area contributed by atoms with Gasteiger partial charge in [0.25, 0.3) is 0 Å². The Labute approximate surface area is 109 Å². The van der Waals surface area contributed by atoms with Crippen LogP contribution in [0.15, 0.2) is 0 Å². The number of rotatable bonds is 3. The molecule has 0 bridgehead atoms. The molecular formula is C13H24N2O3. The third-order valence-corrected chi connectivity index (χ3v) is 4.40. The van der Waals surface area contributed by atoms with Gasteiger partial charge in [-0.1, -0.05) is 6.92 Å². The van der Waals surface area contributed by atoms with Gasteiger partial charge in [0.2, 0.25) is 0 Å². The van der Waals surface area contributed by atoms with Crippen molar-refractivity contribution in [2.45, 2.75) is 37.8 Å². The molecule has 2 fully saturated rings. The fourth-order valence-corrected chi connectivity index (χ4v) is 3.05. The highest BCUT2D eigenvalue weighted by molar-refractivity contribution is 5.79. The number of carbonyl (C=O) groups is 1. The summed E-state index contributed by atoms with van der Waals surface area (Å²) in [7, 11) is 2.09. The van der Waals surface area contributed by atoms with Gasteiger partial charge < -0.3 is 14.7 Å². The molecule has 2 unspecified atom stereocenters. The van der Waals surface area contributed by atoms with Crippen LogP contribution in [-0.2, 0) is 9.53 Å². The standard InChI is InChI=1S/C13H24N2O3/c1-3-11-10-13(12(16)17,4-9-18-11)15-7-5-14(2)6-8-15/h11H,3-10H2,1-2H3,(H,16,17). The number of aliphatic carboxylic acids is 1. The zero-order valence-corrected chi connectivity index (χ0v) is 11.4. The van der Waals surface area contributed by atoms with E-state index in [2.05, 4.69) is 23.8 Å². The summed E-state index contributed by atoms with van der Waals surface area (Å²) in [5.74, 6) is -0.672. The Balaban J connectivity index is 2.13. The van der Waals surface area contributed by atoms with Crippen molar-refractivity contribution in [2.24, 2.45) is 0 Å². The van der Waals surface area contributed by atoms with Crippen LogP contribution in [-0.4, -0.2) is 72.4 Å². The topological polar surface area (TPSA) is 53.0 Å². The van der Waals surface area contributed by atoms with Crippen molar-refractivity contribution in [3.63, 3.8) is 0 Å². The highest BCUT2D eigenvalue weighted by Crippen LogP contribution is 2.33. The van der Waals surface area contributed by atoms with Gasteiger partial charge in [-0.2, -0.15) is 0 Å². The molecule has 0 aromatic carbocycles. The van der Waals surface area contributed by atoms with Gasteiger partial charge in [0.15, 0.2) is 0 Å². The van der Waals surface area contributed by atoms with Crippen molar-refractivity contribution < 1.29 is 14.6 Å². The molecule has 0 amide bonds. The first-order valence-electron chi connectivity index (χ1n) is 6.87. The minimum absolute atomic E-state index is 0.0921. The van der Waals surface area contributed by atoms with E-state index in [1.54, 1.807) is 0 Å². The molecule has 5 heteroatoms. The summed E-state index contributed by atoms with van der Waals surface area (Å²) in [5.41, 5.74) is -0.694. The Hall–Kier alpha value is -0.650.